The summed E-state index contributed by atoms with van der Waals surface area (Å²) in [5.74, 6) is -0.194. The SMILES string of the molecule is CC(CN)CC(=O)N1CCCC(C(N)=O)C1. The second-order valence-corrected chi connectivity index (χ2v) is 4.63. The smallest absolute Gasteiger partial charge is 0.222 e. The number of piperidine rings is 1. The summed E-state index contributed by atoms with van der Waals surface area (Å²) in [6.45, 7) is 3.68. The number of nitrogens with zero attached hydrogens (tertiary/aromatic N) is 1. The Bertz CT molecular complexity index is 268. The lowest BCUT2D eigenvalue weighted by molar-refractivity contribution is -0.135. The average Bonchev–Trinajstić information content (AvgIpc) is 2.28. The van der Waals surface area contributed by atoms with Gasteiger partial charge in [0.1, 0.15) is 0 Å². The van der Waals surface area contributed by atoms with Crippen molar-refractivity contribution in [3.8, 4) is 0 Å². The lowest BCUT2D eigenvalue weighted by atomic mass is 9.96. The largest absolute Gasteiger partial charge is 0.369 e. The third-order valence-corrected chi connectivity index (χ3v) is 3.10. The second kappa shape index (κ2) is 5.84. The zero-order valence-corrected chi connectivity index (χ0v) is 9.82. The fourth-order valence-corrected chi connectivity index (χ4v) is 1.95. The maximum atomic E-state index is 11.9. The number of carbonyl (C=O) groups excluding carboxylic acids is 2. The number of primary amides is 1. The number of amides is 2. The van der Waals surface area contributed by atoms with Gasteiger partial charge in [0.25, 0.3) is 0 Å². The highest BCUT2D eigenvalue weighted by atomic mass is 16.2. The number of hydrogen-bond acceptors (Lipinski definition) is 3. The highest BCUT2D eigenvalue weighted by molar-refractivity contribution is 5.80. The van der Waals surface area contributed by atoms with Gasteiger partial charge >= 0.3 is 0 Å². The molecule has 1 fully saturated rings. The van der Waals surface area contributed by atoms with Crippen LogP contribution in [0.5, 0.6) is 0 Å². The van der Waals surface area contributed by atoms with Crippen LogP contribution in [-0.2, 0) is 9.59 Å². The van der Waals surface area contributed by atoms with Crippen molar-refractivity contribution >= 4 is 11.8 Å². The minimum absolute atomic E-state index is 0.0869. The number of carbonyl (C=O) groups is 2. The predicted octanol–water partition coefficient (Wildman–Crippen LogP) is -0.305. The molecule has 0 saturated carbocycles. The summed E-state index contributed by atoms with van der Waals surface area (Å²) >= 11 is 0. The molecule has 0 radical (unpaired) electrons. The van der Waals surface area contributed by atoms with Crippen LogP contribution < -0.4 is 11.5 Å². The summed E-state index contributed by atoms with van der Waals surface area (Å²) < 4.78 is 0. The molecule has 2 atom stereocenters. The fourth-order valence-electron chi connectivity index (χ4n) is 1.95. The van der Waals surface area contributed by atoms with E-state index in [4.69, 9.17) is 11.5 Å². The Hall–Kier alpha value is -1.10. The van der Waals surface area contributed by atoms with Gasteiger partial charge < -0.3 is 16.4 Å². The lowest BCUT2D eigenvalue weighted by Gasteiger charge is -2.31. The molecule has 2 amide bonds. The molecule has 0 bridgehead atoms. The number of hydrogen-bond donors (Lipinski definition) is 2. The van der Waals surface area contributed by atoms with E-state index in [1.165, 1.54) is 0 Å². The Kier molecular flexibility index (Phi) is 4.73. The summed E-state index contributed by atoms with van der Waals surface area (Å²) in [5, 5.41) is 0. The van der Waals surface area contributed by atoms with E-state index in [1.807, 2.05) is 6.92 Å². The Balaban J connectivity index is 2.47. The molecular formula is C11H21N3O2. The molecule has 92 valence electrons. The van der Waals surface area contributed by atoms with Crippen molar-refractivity contribution in [1.29, 1.82) is 0 Å². The van der Waals surface area contributed by atoms with Gasteiger partial charge in [0, 0.05) is 19.5 Å². The monoisotopic (exact) mass is 227 g/mol. The van der Waals surface area contributed by atoms with Crippen molar-refractivity contribution in [2.24, 2.45) is 23.3 Å². The van der Waals surface area contributed by atoms with Crippen LogP contribution in [0.1, 0.15) is 26.2 Å². The van der Waals surface area contributed by atoms with E-state index in [1.54, 1.807) is 4.90 Å². The first-order chi connectivity index (χ1) is 7.54. The molecule has 0 aliphatic carbocycles. The van der Waals surface area contributed by atoms with E-state index in [0.717, 1.165) is 19.4 Å². The van der Waals surface area contributed by atoms with Crippen LogP contribution in [0.2, 0.25) is 0 Å². The van der Waals surface area contributed by atoms with Gasteiger partial charge in [-0.15, -0.1) is 0 Å². The molecule has 1 saturated heterocycles. The molecule has 2 unspecified atom stereocenters. The number of nitrogens with two attached hydrogens (primary N) is 2. The molecule has 1 aliphatic rings. The first kappa shape index (κ1) is 13.0. The minimum Gasteiger partial charge on any atom is -0.369 e. The van der Waals surface area contributed by atoms with Crippen LogP contribution in [0.25, 0.3) is 0 Å². The average molecular weight is 227 g/mol. The van der Waals surface area contributed by atoms with E-state index in [-0.39, 0.29) is 23.7 Å². The van der Waals surface area contributed by atoms with Gasteiger partial charge in [-0.2, -0.15) is 0 Å². The lowest BCUT2D eigenvalue weighted by Crippen LogP contribution is -2.44. The molecule has 0 aromatic rings. The van der Waals surface area contributed by atoms with Gasteiger partial charge in [0.15, 0.2) is 0 Å². The van der Waals surface area contributed by atoms with Crippen molar-refractivity contribution in [1.82, 2.24) is 4.90 Å². The predicted molar refractivity (Wildman–Crippen MR) is 61.3 cm³/mol. The third-order valence-electron chi connectivity index (χ3n) is 3.10. The second-order valence-electron chi connectivity index (χ2n) is 4.63. The van der Waals surface area contributed by atoms with Crippen LogP contribution in [0, 0.1) is 11.8 Å². The molecule has 5 heteroatoms. The highest BCUT2D eigenvalue weighted by Crippen LogP contribution is 2.17. The molecular weight excluding hydrogens is 206 g/mol. The summed E-state index contributed by atoms with van der Waals surface area (Å²) in [5.41, 5.74) is 10.7. The van der Waals surface area contributed by atoms with Gasteiger partial charge in [-0.1, -0.05) is 6.92 Å². The minimum atomic E-state index is -0.302. The van der Waals surface area contributed by atoms with Crippen molar-refractivity contribution in [2.45, 2.75) is 26.2 Å². The topological polar surface area (TPSA) is 89.4 Å². The quantitative estimate of drug-likeness (QED) is 0.690. The zero-order valence-electron chi connectivity index (χ0n) is 9.82. The van der Waals surface area contributed by atoms with Gasteiger partial charge in [-0.25, -0.2) is 0 Å². The van der Waals surface area contributed by atoms with Gasteiger partial charge in [0.2, 0.25) is 11.8 Å². The van der Waals surface area contributed by atoms with Crippen LogP contribution in [0.4, 0.5) is 0 Å². The maximum absolute atomic E-state index is 11.9. The van der Waals surface area contributed by atoms with Gasteiger partial charge in [0.05, 0.1) is 5.92 Å². The van der Waals surface area contributed by atoms with E-state index < -0.39 is 0 Å². The summed E-state index contributed by atoms with van der Waals surface area (Å²) in [6.07, 6.45) is 2.11. The zero-order chi connectivity index (χ0) is 12.1. The summed E-state index contributed by atoms with van der Waals surface area (Å²) in [6, 6.07) is 0. The molecule has 16 heavy (non-hydrogen) atoms. The Labute approximate surface area is 96.1 Å². The van der Waals surface area contributed by atoms with Crippen molar-refractivity contribution in [2.75, 3.05) is 19.6 Å². The first-order valence-corrected chi connectivity index (χ1v) is 5.81. The standard InChI is InChI=1S/C11H21N3O2/c1-8(6-12)5-10(15)14-4-2-3-9(7-14)11(13)16/h8-9H,2-7,12H2,1H3,(H2,13,16). The first-order valence-electron chi connectivity index (χ1n) is 5.81. The van der Waals surface area contributed by atoms with E-state index >= 15 is 0 Å². The number of rotatable bonds is 4. The molecule has 4 N–H and O–H groups in total. The van der Waals surface area contributed by atoms with E-state index in [9.17, 15) is 9.59 Å². The third kappa shape index (κ3) is 3.48. The van der Waals surface area contributed by atoms with E-state index in [0.29, 0.717) is 19.5 Å². The van der Waals surface area contributed by atoms with Crippen molar-refractivity contribution < 1.29 is 9.59 Å². The van der Waals surface area contributed by atoms with Crippen molar-refractivity contribution in [3.05, 3.63) is 0 Å². The molecule has 0 aromatic heterocycles. The van der Waals surface area contributed by atoms with Crippen LogP contribution in [-0.4, -0.2) is 36.3 Å². The fraction of sp³-hybridized carbons (Fsp3) is 0.818. The maximum Gasteiger partial charge on any atom is 0.222 e. The molecule has 1 rings (SSSR count). The molecule has 5 nitrogen and oxygen atoms in total. The Morgan fingerprint density at radius 2 is 2.19 bits per heavy atom. The Morgan fingerprint density at radius 1 is 1.50 bits per heavy atom. The van der Waals surface area contributed by atoms with Crippen LogP contribution >= 0.6 is 0 Å². The summed E-state index contributed by atoms with van der Waals surface area (Å²) in [4.78, 5) is 24.7. The van der Waals surface area contributed by atoms with Gasteiger partial charge in [-0.05, 0) is 25.3 Å². The number of likely N-dealkylation sites (tertiary alicyclic amines) is 1. The summed E-state index contributed by atoms with van der Waals surface area (Å²) in [7, 11) is 0. The molecule has 0 aromatic carbocycles. The normalized spacial score (nSPS) is 22.9. The van der Waals surface area contributed by atoms with E-state index in [2.05, 4.69) is 0 Å². The van der Waals surface area contributed by atoms with Gasteiger partial charge in [-0.3, -0.25) is 9.59 Å². The van der Waals surface area contributed by atoms with Crippen LogP contribution in [0.3, 0.4) is 0 Å². The van der Waals surface area contributed by atoms with Crippen molar-refractivity contribution in [3.63, 3.8) is 0 Å². The van der Waals surface area contributed by atoms with Crippen LogP contribution in [0.15, 0.2) is 0 Å². The molecule has 0 spiro atoms. The Morgan fingerprint density at radius 3 is 2.75 bits per heavy atom. The highest BCUT2D eigenvalue weighted by Gasteiger charge is 2.27. The molecule has 1 heterocycles. The molecule has 1 aliphatic heterocycles.